The first-order chi connectivity index (χ1) is 8.00. The highest BCUT2D eigenvalue weighted by molar-refractivity contribution is 8.13. The molecule has 1 heterocycles. The van der Waals surface area contributed by atoms with Gasteiger partial charge in [-0.05, 0) is 24.1 Å². The first-order valence-electron chi connectivity index (χ1n) is 5.11. The SMILES string of the molecule is CC(=O)SCCC(O)C(O)c1ccnc(F)c1. The van der Waals surface area contributed by atoms with Crippen molar-refractivity contribution in [3.8, 4) is 0 Å². The standard InChI is InChI=1S/C11H14FNO3S/c1-7(14)17-5-3-9(15)11(16)8-2-4-13-10(12)6-8/h2,4,6,9,11,15-16H,3,5H2,1H3. The maximum Gasteiger partial charge on any atom is 0.213 e. The molecule has 0 fully saturated rings. The highest BCUT2D eigenvalue weighted by Gasteiger charge is 2.18. The smallest absolute Gasteiger partial charge is 0.213 e. The molecular formula is C11H14FNO3S. The van der Waals surface area contributed by atoms with Crippen LogP contribution in [0.3, 0.4) is 0 Å². The fourth-order valence-electron chi connectivity index (χ4n) is 1.30. The molecule has 0 aliphatic heterocycles. The lowest BCUT2D eigenvalue weighted by atomic mass is 10.0. The van der Waals surface area contributed by atoms with E-state index in [2.05, 4.69) is 4.98 Å². The lowest BCUT2D eigenvalue weighted by Gasteiger charge is -2.17. The Morgan fingerprint density at radius 1 is 1.59 bits per heavy atom. The van der Waals surface area contributed by atoms with Gasteiger partial charge in [-0.3, -0.25) is 4.79 Å². The first-order valence-corrected chi connectivity index (χ1v) is 6.10. The number of halogens is 1. The number of aliphatic hydroxyl groups excluding tert-OH is 2. The number of aliphatic hydroxyl groups is 2. The Bertz CT molecular complexity index is 389. The fraction of sp³-hybridized carbons (Fsp3) is 0.455. The molecule has 6 heteroatoms. The van der Waals surface area contributed by atoms with E-state index in [4.69, 9.17) is 0 Å². The molecule has 2 unspecified atom stereocenters. The molecule has 0 aromatic carbocycles. The summed E-state index contributed by atoms with van der Waals surface area (Å²) < 4.78 is 12.8. The van der Waals surface area contributed by atoms with Crippen molar-refractivity contribution in [2.75, 3.05) is 5.75 Å². The predicted molar refractivity (Wildman–Crippen MR) is 62.9 cm³/mol. The Labute approximate surface area is 103 Å². The van der Waals surface area contributed by atoms with Gasteiger partial charge in [0.2, 0.25) is 5.95 Å². The van der Waals surface area contributed by atoms with Gasteiger partial charge < -0.3 is 10.2 Å². The van der Waals surface area contributed by atoms with E-state index in [1.165, 1.54) is 19.2 Å². The zero-order valence-corrected chi connectivity index (χ0v) is 10.2. The van der Waals surface area contributed by atoms with E-state index in [0.29, 0.717) is 5.75 Å². The van der Waals surface area contributed by atoms with Gasteiger partial charge >= 0.3 is 0 Å². The number of rotatable bonds is 5. The van der Waals surface area contributed by atoms with Crippen LogP contribution in [0.5, 0.6) is 0 Å². The van der Waals surface area contributed by atoms with Crippen LogP contribution in [0.15, 0.2) is 18.3 Å². The summed E-state index contributed by atoms with van der Waals surface area (Å²) >= 11 is 1.08. The quantitative estimate of drug-likeness (QED) is 0.780. The second-order valence-corrected chi connectivity index (χ2v) is 4.82. The number of carbonyl (C=O) groups is 1. The third kappa shape index (κ3) is 4.80. The molecule has 94 valence electrons. The van der Waals surface area contributed by atoms with Crippen molar-refractivity contribution in [3.05, 3.63) is 29.8 Å². The van der Waals surface area contributed by atoms with E-state index in [0.717, 1.165) is 17.8 Å². The minimum atomic E-state index is -1.17. The average molecular weight is 259 g/mol. The molecule has 0 amide bonds. The normalized spacial score (nSPS) is 14.4. The van der Waals surface area contributed by atoms with E-state index in [9.17, 15) is 19.4 Å². The second-order valence-electron chi connectivity index (χ2n) is 3.55. The van der Waals surface area contributed by atoms with E-state index in [1.54, 1.807) is 0 Å². The molecular weight excluding hydrogens is 245 g/mol. The second kappa shape index (κ2) is 6.68. The Morgan fingerprint density at radius 3 is 2.88 bits per heavy atom. The third-order valence-corrected chi connectivity index (χ3v) is 3.02. The highest BCUT2D eigenvalue weighted by atomic mass is 32.2. The Balaban J connectivity index is 2.51. The molecule has 1 aromatic heterocycles. The molecule has 4 nitrogen and oxygen atoms in total. The molecule has 0 spiro atoms. The van der Waals surface area contributed by atoms with Crippen LogP contribution in [-0.4, -0.2) is 32.2 Å². The molecule has 0 aliphatic carbocycles. The van der Waals surface area contributed by atoms with Crippen molar-refractivity contribution in [1.82, 2.24) is 4.98 Å². The van der Waals surface area contributed by atoms with Gasteiger partial charge in [-0.25, -0.2) is 4.98 Å². The topological polar surface area (TPSA) is 70.4 Å². The maximum atomic E-state index is 12.8. The van der Waals surface area contributed by atoms with Gasteiger partial charge in [0.1, 0.15) is 6.10 Å². The molecule has 17 heavy (non-hydrogen) atoms. The molecule has 2 atom stereocenters. The molecule has 0 aliphatic rings. The van der Waals surface area contributed by atoms with Crippen LogP contribution in [0, 0.1) is 5.95 Å². The number of nitrogens with zero attached hydrogens (tertiary/aromatic N) is 1. The van der Waals surface area contributed by atoms with Crippen molar-refractivity contribution < 1.29 is 19.4 Å². The minimum absolute atomic E-state index is 0.0401. The summed E-state index contributed by atoms with van der Waals surface area (Å²) in [4.78, 5) is 14.0. The monoisotopic (exact) mass is 259 g/mol. The largest absolute Gasteiger partial charge is 0.390 e. The fourth-order valence-corrected chi connectivity index (χ4v) is 1.95. The number of pyridine rings is 1. The summed E-state index contributed by atoms with van der Waals surface area (Å²) in [6.45, 7) is 1.44. The Kier molecular flexibility index (Phi) is 5.54. The van der Waals surface area contributed by atoms with Crippen molar-refractivity contribution in [3.63, 3.8) is 0 Å². The van der Waals surface area contributed by atoms with Crippen molar-refractivity contribution in [2.45, 2.75) is 25.6 Å². The molecule has 0 saturated carbocycles. The summed E-state index contributed by atoms with van der Waals surface area (Å²) in [5.74, 6) is -0.284. The van der Waals surface area contributed by atoms with E-state index in [-0.39, 0.29) is 17.1 Å². The highest BCUT2D eigenvalue weighted by Crippen LogP contribution is 2.20. The number of carbonyl (C=O) groups excluding carboxylic acids is 1. The summed E-state index contributed by atoms with van der Waals surface area (Å²) in [5.41, 5.74) is 0.276. The van der Waals surface area contributed by atoms with Gasteiger partial charge in [0.15, 0.2) is 5.12 Å². The van der Waals surface area contributed by atoms with Crippen LogP contribution >= 0.6 is 11.8 Å². The van der Waals surface area contributed by atoms with Gasteiger partial charge in [-0.1, -0.05) is 11.8 Å². The molecule has 1 aromatic rings. The number of hydrogen-bond donors (Lipinski definition) is 2. The van der Waals surface area contributed by atoms with Gasteiger partial charge in [-0.2, -0.15) is 4.39 Å². The summed E-state index contributed by atoms with van der Waals surface area (Å²) in [5, 5.41) is 19.4. The average Bonchev–Trinajstić information content (AvgIpc) is 2.27. The van der Waals surface area contributed by atoms with Crippen LogP contribution in [0.25, 0.3) is 0 Å². The third-order valence-electron chi connectivity index (χ3n) is 2.18. The maximum absolute atomic E-state index is 12.8. The van der Waals surface area contributed by atoms with Crippen molar-refractivity contribution in [2.24, 2.45) is 0 Å². The summed E-state index contributed by atoms with van der Waals surface area (Å²) in [6.07, 6.45) is -0.705. The van der Waals surface area contributed by atoms with Crippen LogP contribution < -0.4 is 0 Å². The van der Waals surface area contributed by atoms with Crippen molar-refractivity contribution >= 4 is 16.9 Å². The van der Waals surface area contributed by atoms with Gasteiger partial charge in [0, 0.05) is 18.9 Å². The molecule has 0 saturated heterocycles. The lowest BCUT2D eigenvalue weighted by Crippen LogP contribution is -2.19. The van der Waals surface area contributed by atoms with Crippen molar-refractivity contribution in [1.29, 1.82) is 0 Å². The van der Waals surface area contributed by atoms with Crippen LogP contribution in [0.1, 0.15) is 25.0 Å². The lowest BCUT2D eigenvalue weighted by molar-refractivity contribution is -0.109. The van der Waals surface area contributed by atoms with Crippen LogP contribution in [-0.2, 0) is 4.79 Å². The molecule has 2 N–H and O–H groups in total. The van der Waals surface area contributed by atoms with E-state index < -0.39 is 18.2 Å². The summed E-state index contributed by atoms with van der Waals surface area (Å²) in [7, 11) is 0. The number of aromatic nitrogens is 1. The number of hydrogen-bond acceptors (Lipinski definition) is 5. The molecule has 0 bridgehead atoms. The predicted octanol–water partition coefficient (Wildman–Crippen LogP) is 1.28. The number of thioether (sulfide) groups is 1. The molecule has 1 rings (SSSR count). The van der Waals surface area contributed by atoms with E-state index in [1.807, 2.05) is 0 Å². The summed E-state index contributed by atoms with van der Waals surface area (Å²) in [6, 6.07) is 2.51. The van der Waals surface area contributed by atoms with E-state index >= 15 is 0 Å². The zero-order chi connectivity index (χ0) is 12.8. The van der Waals surface area contributed by atoms with Gasteiger partial charge in [0.05, 0.1) is 6.10 Å². The zero-order valence-electron chi connectivity index (χ0n) is 9.34. The molecule has 0 radical (unpaired) electrons. The Hall–Kier alpha value is -0.980. The van der Waals surface area contributed by atoms with Crippen LogP contribution in [0.2, 0.25) is 0 Å². The Morgan fingerprint density at radius 2 is 2.29 bits per heavy atom. The van der Waals surface area contributed by atoms with Gasteiger partial charge in [0.25, 0.3) is 0 Å². The minimum Gasteiger partial charge on any atom is -0.390 e. The van der Waals surface area contributed by atoms with Gasteiger partial charge in [-0.15, -0.1) is 0 Å². The van der Waals surface area contributed by atoms with Crippen LogP contribution in [0.4, 0.5) is 4.39 Å². The first kappa shape index (κ1) is 14.1.